The predicted octanol–water partition coefficient (Wildman–Crippen LogP) is 5.01. The predicted molar refractivity (Wildman–Crippen MR) is 115 cm³/mol. The molecule has 0 aliphatic rings. The van der Waals surface area contributed by atoms with Crippen molar-refractivity contribution in [1.82, 2.24) is 5.32 Å². The average molecular weight is 383 g/mol. The van der Waals surface area contributed by atoms with Crippen LogP contribution in [0, 0.1) is 13.8 Å². The monoisotopic (exact) mass is 383 g/mol. The molecule has 4 rings (SSSR count). The molecule has 4 heteroatoms. The Kier molecular flexibility index (Phi) is 5.00. The van der Waals surface area contributed by atoms with Crippen molar-refractivity contribution in [3.05, 3.63) is 106 Å². The fourth-order valence-corrected chi connectivity index (χ4v) is 3.34. The fraction of sp³-hybridized carbons (Fsp3) is 0.120. The topological polar surface area (TPSA) is 59.3 Å². The molecule has 0 aliphatic carbocycles. The first-order chi connectivity index (χ1) is 14.0. The second-order valence-corrected chi connectivity index (χ2v) is 7.17. The summed E-state index contributed by atoms with van der Waals surface area (Å²) in [5.74, 6) is -0.381. The minimum atomic E-state index is -0.517. The van der Waals surface area contributed by atoms with Gasteiger partial charge in [-0.1, -0.05) is 77.9 Å². The highest BCUT2D eigenvalue weighted by atomic mass is 16.4. The van der Waals surface area contributed by atoms with E-state index < -0.39 is 11.5 Å². The lowest BCUT2D eigenvalue weighted by Crippen LogP contribution is -2.25. The second-order valence-electron chi connectivity index (χ2n) is 7.17. The van der Waals surface area contributed by atoms with Gasteiger partial charge in [-0.05, 0) is 31.0 Å². The Morgan fingerprint density at radius 2 is 1.41 bits per heavy atom. The number of hydrogen-bond donors (Lipinski definition) is 1. The lowest BCUT2D eigenvalue weighted by Gasteiger charge is -2.12. The first kappa shape index (κ1) is 18.7. The van der Waals surface area contributed by atoms with Gasteiger partial charge in [0.05, 0.1) is 5.39 Å². The average Bonchev–Trinajstić information content (AvgIpc) is 2.74. The molecule has 1 N–H and O–H groups in total. The van der Waals surface area contributed by atoms with E-state index in [9.17, 15) is 9.59 Å². The highest BCUT2D eigenvalue weighted by Crippen LogP contribution is 2.31. The molecule has 3 aromatic carbocycles. The second kappa shape index (κ2) is 7.76. The van der Waals surface area contributed by atoms with Crippen LogP contribution in [0.2, 0.25) is 0 Å². The summed E-state index contributed by atoms with van der Waals surface area (Å²) in [4.78, 5) is 25.5. The molecule has 4 nitrogen and oxygen atoms in total. The van der Waals surface area contributed by atoms with Gasteiger partial charge in [0.1, 0.15) is 0 Å². The maximum absolute atomic E-state index is 13.0. The van der Waals surface area contributed by atoms with Crippen LogP contribution >= 0.6 is 0 Å². The lowest BCUT2D eigenvalue weighted by atomic mass is 9.97. The number of hydrogen-bond acceptors (Lipinski definition) is 3. The smallest absolute Gasteiger partial charge is 0.344 e. The van der Waals surface area contributed by atoms with E-state index in [2.05, 4.69) is 5.32 Å². The third-order valence-electron chi connectivity index (χ3n) is 4.96. The third kappa shape index (κ3) is 3.83. The Labute approximate surface area is 168 Å². The van der Waals surface area contributed by atoms with Crippen molar-refractivity contribution in [2.45, 2.75) is 20.4 Å². The number of carbonyl (C=O) groups excluding carboxylic acids is 1. The van der Waals surface area contributed by atoms with Gasteiger partial charge < -0.3 is 9.73 Å². The van der Waals surface area contributed by atoms with Crippen molar-refractivity contribution in [3.8, 4) is 11.1 Å². The van der Waals surface area contributed by atoms with Crippen molar-refractivity contribution in [1.29, 1.82) is 0 Å². The van der Waals surface area contributed by atoms with Crippen LogP contribution < -0.4 is 10.9 Å². The SMILES string of the molecule is Cc1ccc(CNC(=O)c2oc(=O)c3ccccc3c2-c2ccc(C)cc2)cc1. The fourth-order valence-electron chi connectivity index (χ4n) is 3.34. The van der Waals surface area contributed by atoms with Crippen molar-refractivity contribution >= 4 is 16.7 Å². The van der Waals surface area contributed by atoms with Gasteiger partial charge in [-0.15, -0.1) is 0 Å². The van der Waals surface area contributed by atoms with Crippen molar-refractivity contribution < 1.29 is 9.21 Å². The standard InChI is InChI=1S/C25H21NO3/c1-16-7-11-18(12-8-16)15-26-24(27)23-22(19-13-9-17(2)10-14-19)20-5-3-4-6-21(20)25(28)29-23/h3-14H,15H2,1-2H3,(H,26,27). The molecule has 0 fully saturated rings. The molecule has 1 amide bonds. The van der Waals surface area contributed by atoms with Gasteiger partial charge in [-0.3, -0.25) is 4.79 Å². The molecule has 0 atom stereocenters. The summed E-state index contributed by atoms with van der Waals surface area (Å²) in [6.07, 6.45) is 0. The van der Waals surface area contributed by atoms with E-state index in [1.807, 2.05) is 74.5 Å². The maximum atomic E-state index is 13.0. The molecule has 0 radical (unpaired) electrons. The van der Waals surface area contributed by atoms with Crippen LogP contribution in [-0.2, 0) is 6.54 Å². The summed E-state index contributed by atoms with van der Waals surface area (Å²) in [5, 5.41) is 4.04. The molecule has 0 spiro atoms. The normalized spacial score (nSPS) is 10.8. The Morgan fingerprint density at radius 3 is 2.07 bits per heavy atom. The quantitative estimate of drug-likeness (QED) is 0.539. The summed E-state index contributed by atoms with van der Waals surface area (Å²) >= 11 is 0. The zero-order valence-corrected chi connectivity index (χ0v) is 16.4. The minimum Gasteiger partial charge on any atom is -0.416 e. The molecule has 4 aromatic rings. The van der Waals surface area contributed by atoms with Gasteiger partial charge in [0.25, 0.3) is 5.91 Å². The molecule has 0 unspecified atom stereocenters. The number of fused-ring (bicyclic) bond motifs is 1. The third-order valence-corrected chi connectivity index (χ3v) is 4.96. The molecule has 0 saturated heterocycles. The lowest BCUT2D eigenvalue weighted by molar-refractivity contribution is 0.0920. The van der Waals surface area contributed by atoms with Gasteiger partial charge in [-0.2, -0.15) is 0 Å². The van der Waals surface area contributed by atoms with E-state index in [0.717, 1.165) is 22.3 Å². The van der Waals surface area contributed by atoms with Crippen LogP contribution in [0.25, 0.3) is 21.9 Å². The van der Waals surface area contributed by atoms with Gasteiger partial charge in [-0.25, -0.2) is 4.79 Å². The van der Waals surface area contributed by atoms with Gasteiger partial charge in [0.15, 0.2) is 0 Å². The van der Waals surface area contributed by atoms with Crippen LogP contribution in [0.5, 0.6) is 0 Å². The molecule has 29 heavy (non-hydrogen) atoms. The summed E-state index contributed by atoms with van der Waals surface area (Å²) in [6.45, 7) is 4.37. The summed E-state index contributed by atoms with van der Waals surface area (Å²) in [5.41, 5.74) is 4.18. The van der Waals surface area contributed by atoms with Crippen LogP contribution in [0.4, 0.5) is 0 Å². The van der Waals surface area contributed by atoms with Crippen LogP contribution in [0.1, 0.15) is 27.2 Å². The molecule has 144 valence electrons. The Morgan fingerprint density at radius 1 is 0.828 bits per heavy atom. The molecular formula is C25H21NO3. The first-order valence-corrected chi connectivity index (χ1v) is 9.49. The van der Waals surface area contributed by atoms with Crippen molar-refractivity contribution in [3.63, 3.8) is 0 Å². The molecule has 0 bridgehead atoms. The largest absolute Gasteiger partial charge is 0.416 e. The van der Waals surface area contributed by atoms with E-state index in [0.29, 0.717) is 22.9 Å². The molecular weight excluding hydrogens is 362 g/mol. The van der Waals surface area contributed by atoms with E-state index in [-0.39, 0.29) is 5.76 Å². The zero-order chi connectivity index (χ0) is 20.4. The molecule has 0 saturated carbocycles. The van der Waals surface area contributed by atoms with Crippen molar-refractivity contribution in [2.24, 2.45) is 0 Å². The number of nitrogens with one attached hydrogen (secondary N) is 1. The Hall–Kier alpha value is -3.66. The van der Waals surface area contributed by atoms with Crippen molar-refractivity contribution in [2.75, 3.05) is 0 Å². The molecule has 0 aliphatic heterocycles. The number of benzene rings is 3. The Balaban J connectivity index is 1.79. The summed E-state index contributed by atoms with van der Waals surface area (Å²) in [7, 11) is 0. The number of rotatable bonds is 4. The van der Waals surface area contributed by atoms with Crippen LogP contribution in [0.3, 0.4) is 0 Å². The molecule has 1 heterocycles. The van der Waals surface area contributed by atoms with Gasteiger partial charge >= 0.3 is 5.63 Å². The van der Waals surface area contributed by atoms with Gasteiger partial charge in [0.2, 0.25) is 5.76 Å². The van der Waals surface area contributed by atoms with E-state index in [4.69, 9.17) is 4.42 Å². The number of amides is 1. The Bertz CT molecular complexity index is 1240. The minimum absolute atomic E-state index is 0.0321. The maximum Gasteiger partial charge on any atom is 0.344 e. The van der Waals surface area contributed by atoms with E-state index in [1.165, 1.54) is 0 Å². The van der Waals surface area contributed by atoms with E-state index >= 15 is 0 Å². The first-order valence-electron chi connectivity index (χ1n) is 9.49. The van der Waals surface area contributed by atoms with E-state index in [1.54, 1.807) is 12.1 Å². The number of carbonyl (C=O) groups is 1. The highest BCUT2D eigenvalue weighted by molar-refractivity contribution is 6.07. The highest BCUT2D eigenvalue weighted by Gasteiger charge is 2.21. The number of aryl methyl sites for hydroxylation is 2. The summed E-state index contributed by atoms with van der Waals surface area (Å²) < 4.78 is 5.51. The van der Waals surface area contributed by atoms with Gasteiger partial charge in [0, 0.05) is 17.5 Å². The molecule has 1 aromatic heterocycles. The van der Waals surface area contributed by atoms with Crippen LogP contribution in [-0.4, -0.2) is 5.91 Å². The van der Waals surface area contributed by atoms with Crippen LogP contribution in [0.15, 0.2) is 82.0 Å². The zero-order valence-electron chi connectivity index (χ0n) is 16.4. The summed E-state index contributed by atoms with van der Waals surface area (Å²) in [6, 6.07) is 23.0.